The number of aromatic nitrogens is 2. The van der Waals surface area contributed by atoms with E-state index in [1.54, 1.807) is 6.92 Å². The van der Waals surface area contributed by atoms with Crippen LogP contribution in [0, 0.1) is 0 Å². The van der Waals surface area contributed by atoms with Gasteiger partial charge in [0, 0.05) is 10.8 Å². The normalized spacial score (nSPS) is 11.1. The molecule has 96 valence electrons. The number of benzene rings is 2. The van der Waals surface area contributed by atoms with Gasteiger partial charge >= 0.3 is 5.97 Å². The van der Waals surface area contributed by atoms with Crippen LogP contribution in [0.5, 0.6) is 0 Å². The van der Waals surface area contributed by atoms with Gasteiger partial charge in [-0.05, 0) is 18.4 Å². The summed E-state index contributed by atoms with van der Waals surface area (Å²) in [5.41, 5.74) is 0.924. The lowest BCUT2D eigenvalue weighted by molar-refractivity contribution is 0.0521. The van der Waals surface area contributed by atoms with Gasteiger partial charge < -0.3 is 4.74 Å². The number of esters is 1. The lowest BCUT2D eigenvalue weighted by Crippen LogP contribution is -2.05. The second kappa shape index (κ2) is 4.55. The average molecular weight is 275 g/mol. The number of carbonyl (C=O) groups is 1. The predicted octanol–water partition coefficient (Wildman–Crippen LogP) is 3.55. The molecule has 0 spiro atoms. The molecular weight excluding hydrogens is 264 g/mol. The molecule has 0 saturated carbocycles. The molecule has 0 saturated heterocycles. The van der Waals surface area contributed by atoms with Gasteiger partial charge in [0.2, 0.25) is 0 Å². The number of halogens is 1. The quantitative estimate of drug-likeness (QED) is 0.727. The van der Waals surface area contributed by atoms with E-state index in [4.69, 9.17) is 16.3 Å². The number of hydrogen-bond donors (Lipinski definition) is 1. The average Bonchev–Trinajstić information content (AvgIpc) is 2.83. The summed E-state index contributed by atoms with van der Waals surface area (Å²) in [6.45, 7) is 2.08. The van der Waals surface area contributed by atoms with Crippen LogP contribution in [0.4, 0.5) is 0 Å². The molecule has 3 aromatic rings. The number of H-pyrrole nitrogens is 1. The highest BCUT2D eigenvalue weighted by Crippen LogP contribution is 2.32. The van der Waals surface area contributed by atoms with Gasteiger partial charge in [-0.15, -0.1) is 0 Å². The van der Waals surface area contributed by atoms with Crippen LogP contribution in [0.25, 0.3) is 21.7 Å². The topological polar surface area (TPSA) is 55.0 Å². The Kier molecular flexibility index (Phi) is 2.87. The Morgan fingerprint density at radius 2 is 2.16 bits per heavy atom. The molecule has 5 heteroatoms. The zero-order valence-corrected chi connectivity index (χ0v) is 11.0. The molecule has 0 fully saturated rings. The number of fused-ring (bicyclic) bond motifs is 2. The summed E-state index contributed by atoms with van der Waals surface area (Å²) >= 11 is 6.33. The van der Waals surface area contributed by atoms with Gasteiger partial charge in [-0.1, -0.05) is 35.9 Å². The minimum atomic E-state index is -0.420. The Bertz CT molecular complexity index is 780. The summed E-state index contributed by atoms with van der Waals surface area (Å²) in [7, 11) is 0. The van der Waals surface area contributed by atoms with Crippen molar-refractivity contribution >= 4 is 39.2 Å². The minimum Gasteiger partial charge on any atom is -0.461 e. The second-order valence-corrected chi connectivity index (χ2v) is 4.50. The van der Waals surface area contributed by atoms with Gasteiger partial charge in [0.15, 0.2) is 5.69 Å². The largest absolute Gasteiger partial charge is 0.461 e. The van der Waals surface area contributed by atoms with Gasteiger partial charge in [0.05, 0.1) is 11.6 Å². The maximum absolute atomic E-state index is 11.8. The van der Waals surface area contributed by atoms with Crippen molar-refractivity contribution in [2.24, 2.45) is 0 Å². The molecule has 0 aliphatic carbocycles. The van der Waals surface area contributed by atoms with E-state index in [1.165, 1.54) is 0 Å². The van der Waals surface area contributed by atoms with E-state index in [-0.39, 0.29) is 0 Å². The smallest absolute Gasteiger partial charge is 0.356 e. The van der Waals surface area contributed by atoms with Crippen molar-refractivity contribution in [2.45, 2.75) is 6.92 Å². The van der Waals surface area contributed by atoms with Crippen LogP contribution >= 0.6 is 11.6 Å². The van der Waals surface area contributed by atoms with Crippen LogP contribution in [0.2, 0.25) is 5.02 Å². The number of nitrogens with one attached hydrogen (secondary N) is 1. The molecule has 0 aliphatic heterocycles. The number of nitrogens with zero attached hydrogens (tertiary/aromatic N) is 1. The first-order valence-electron chi connectivity index (χ1n) is 5.94. The fraction of sp³-hybridized carbons (Fsp3) is 0.143. The third-order valence-corrected chi connectivity index (χ3v) is 3.37. The molecule has 0 atom stereocenters. The SMILES string of the molecule is CCOC(=O)c1[nH]nc2c(Cl)c3ccccc3cc12. The highest BCUT2D eigenvalue weighted by molar-refractivity contribution is 6.40. The fourth-order valence-electron chi connectivity index (χ4n) is 2.12. The summed E-state index contributed by atoms with van der Waals surface area (Å²) < 4.78 is 4.99. The van der Waals surface area contributed by atoms with E-state index < -0.39 is 5.97 Å². The Labute approximate surface area is 114 Å². The van der Waals surface area contributed by atoms with E-state index in [0.717, 1.165) is 10.8 Å². The van der Waals surface area contributed by atoms with Crippen LogP contribution in [0.1, 0.15) is 17.4 Å². The lowest BCUT2D eigenvalue weighted by atomic mass is 10.1. The van der Waals surface area contributed by atoms with Crippen molar-refractivity contribution in [1.29, 1.82) is 0 Å². The maximum Gasteiger partial charge on any atom is 0.356 e. The molecule has 0 unspecified atom stereocenters. The highest BCUT2D eigenvalue weighted by atomic mass is 35.5. The van der Waals surface area contributed by atoms with Crippen molar-refractivity contribution in [3.8, 4) is 0 Å². The number of rotatable bonds is 2. The van der Waals surface area contributed by atoms with Crippen LogP contribution in [0.3, 0.4) is 0 Å². The number of ether oxygens (including phenoxy) is 1. The van der Waals surface area contributed by atoms with E-state index in [2.05, 4.69) is 10.2 Å². The summed E-state index contributed by atoms with van der Waals surface area (Å²) in [5, 5.41) is 9.92. The zero-order valence-electron chi connectivity index (χ0n) is 10.2. The van der Waals surface area contributed by atoms with Gasteiger partial charge in [-0.3, -0.25) is 5.10 Å². The third-order valence-electron chi connectivity index (χ3n) is 2.99. The van der Waals surface area contributed by atoms with E-state index in [1.807, 2.05) is 30.3 Å². The van der Waals surface area contributed by atoms with Crippen LogP contribution in [-0.2, 0) is 4.74 Å². The van der Waals surface area contributed by atoms with Gasteiger partial charge in [-0.2, -0.15) is 5.10 Å². The van der Waals surface area contributed by atoms with Crippen molar-refractivity contribution in [3.63, 3.8) is 0 Å². The summed E-state index contributed by atoms with van der Waals surface area (Å²) in [5.74, 6) is -0.420. The first-order valence-corrected chi connectivity index (χ1v) is 6.32. The molecule has 1 heterocycles. The number of carbonyl (C=O) groups excluding carboxylic acids is 1. The Balaban J connectivity index is 2.31. The molecule has 0 bridgehead atoms. The highest BCUT2D eigenvalue weighted by Gasteiger charge is 2.17. The Morgan fingerprint density at radius 3 is 2.95 bits per heavy atom. The number of hydrogen-bond acceptors (Lipinski definition) is 3. The molecular formula is C14H11ClN2O2. The first-order chi connectivity index (χ1) is 9.22. The van der Waals surface area contributed by atoms with Crippen molar-refractivity contribution < 1.29 is 9.53 Å². The summed E-state index contributed by atoms with van der Waals surface area (Å²) in [6, 6.07) is 9.61. The van der Waals surface area contributed by atoms with E-state index in [0.29, 0.717) is 28.2 Å². The van der Waals surface area contributed by atoms with Gasteiger partial charge in [-0.25, -0.2) is 4.79 Å². The molecule has 2 aromatic carbocycles. The Hall–Kier alpha value is -2.07. The van der Waals surface area contributed by atoms with Crippen LogP contribution in [0.15, 0.2) is 30.3 Å². The number of aromatic amines is 1. The van der Waals surface area contributed by atoms with E-state index in [9.17, 15) is 4.79 Å². The van der Waals surface area contributed by atoms with Gasteiger partial charge in [0.1, 0.15) is 5.52 Å². The Morgan fingerprint density at radius 1 is 1.37 bits per heavy atom. The molecule has 1 N–H and O–H groups in total. The van der Waals surface area contributed by atoms with E-state index >= 15 is 0 Å². The van der Waals surface area contributed by atoms with Crippen molar-refractivity contribution in [1.82, 2.24) is 10.2 Å². The first kappa shape index (κ1) is 12.0. The van der Waals surface area contributed by atoms with Crippen LogP contribution < -0.4 is 0 Å². The fourth-order valence-corrected chi connectivity index (χ4v) is 2.44. The molecule has 0 aliphatic rings. The zero-order chi connectivity index (χ0) is 13.4. The molecule has 0 radical (unpaired) electrons. The van der Waals surface area contributed by atoms with Crippen LogP contribution in [-0.4, -0.2) is 22.8 Å². The van der Waals surface area contributed by atoms with Gasteiger partial charge in [0.25, 0.3) is 0 Å². The molecule has 0 amide bonds. The van der Waals surface area contributed by atoms with Crippen molar-refractivity contribution in [3.05, 3.63) is 41.0 Å². The lowest BCUT2D eigenvalue weighted by Gasteiger charge is -2.02. The molecule has 1 aromatic heterocycles. The van der Waals surface area contributed by atoms with Crippen molar-refractivity contribution in [2.75, 3.05) is 6.61 Å². The standard InChI is InChI=1S/C14H11ClN2O2/c1-2-19-14(18)13-10-7-8-5-3-4-6-9(8)11(15)12(10)16-17-13/h3-7H,2H2,1H3,(H,16,17). The predicted molar refractivity (Wildman–Crippen MR) is 74.6 cm³/mol. The summed E-state index contributed by atoms with van der Waals surface area (Å²) in [4.78, 5) is 11.8. The summed E-state index contributed by atoms with van der Waals surface area (Å²) in [6.07, 6.45) is 0. The monoisotopic (exact) mass is 274 g/mol. The third kappa shape index (κ3) is 1.85. The maximum atomic E-state index is 11.8. The molecule has 3 rings (SSSR count). The second-order valence-electron chi connectivity index (χ2n) is 4.13. The molecule has 19 heavy (non-hydrogen) atoms. The minimum absolute atomic E-state index is 0.320. The molecule has 4 nitrogen and oxygen atoms in total.